The maximum absolute atomic E-state index is 11.9. The van der Waals surface area contributed by atoms with Gasteiger partial charge in [-0.3, -0.25) is 4.79 Å². The summed E-state index contributed by atoms with van der Waals surface area (Å²) >= 11 is 0. The quantitative estimate of drug-likeness (QED) is 0.743. The number of ketones is 1. The fourth-order valence-electron chi connectivity index (χ4n) is 1.99. The normalized spacial score (nSPS) is 10.5. The van der Waals surface area contributed by atoms with Gasteiger partial charge in [0.25, 0.3) is 0 Å². The topological polar surface area (TPSA) is 26.3 Å². The highest BCUT2D eigenvalue weighted by Gasteiger charge is 2.10. The van der Waals surface area contributed by atoms with Crippen LogP contribution in [0.2, 0.25) is 0 Å². The van der Waals surface area contributed by atoms with Crippen molar-refractivity contribution in [2.24, 2.45) is 0 Å². The summed E-state index contributed by atoms with van der Waals surface area (Å²) in [5.74, 6) is 1.01. The Hall–Kier alpha value is -1.83. The van der Waals surface area contributed by atoms with Gasteiger partial charge in [0, 0.05) is 17.4 Å². The molecule has 0 atom stereocenters. The van der Waals surface area contributed by atoms with Crippen molar-refractivity contribution in [3.8, 4) is 5.75 Å². The molecule has 2 rings (SSSR count). The number of Topliss-reactive ketones (excluding diaryl/α,β-unsaturated/α-hetero) is 1. The molecule has 0 bridgehead atoms. The Balaban J connectivity index is 2.66. The molecule has 88 valence electrons. The zero-order chi connectivity index (χ0) is 12.3. The van der Waals surface area contributed by atoms with Gasteiger partial charge in [0.15, 0.2) is 5.78 Å². The van der Waals surface area contributed by atoms with E-state index in [0.29, 0.717) is 13.0 Å². The average Bonchev–Trinajstić information content (AvgIpc) is 2.38. The fourth-order valence-corrected chi connectivity index (χ4v) is 1.99. The highest BCUT2D eigenvalue weighted by Crippen LogP contribution is 2.29. The Kier molecular flexibility index (Phi) is 3.43. The van der Waals surface area contributed by atoms with E-state index in [1.54, 1.807) is 0 Å². The van der Waals surface area contributed by atoms with Crippen LogP contribution < -0.4 is 4.74 Å². The largest absolute Gasteiger partial charge is 0.493 e. The number of benzene rings is 2. The van der Waals surface area contributed by atoms with Crippen LogP contribution in [0.15, 0.2) is 36.4 Å². The molecular formula is C15H16O2. The van der Waals surface area contributed by atoms with Crippen molar-refractivity contribution in [1.29, 1.82) is 0 Å². The van der Waals surface area contributed by atoms with Crippen molar-refractivity contribution >= 4 is 16.6 Å². The van der Waals surface area contributed by atoms with Crippen molar-refractivity contribution < 1.29 is 9.53 Å². The van der Waals surface area contributed by atoms with Gasteiger partial charge in [0.1, 0.15) is 5.75 Å². The van der Waals surface area contributed by atoms with Crippen LogP contribution in [0.4, 0.5) is 0 Å². The Labute approximate surface area is 101 Å². The SMILES string of the molecule is CCOc1ccc(C(=O)CC)c2ccccc12. The van der Waals surface area contributed by atoms with E-state index >= 15 is 0 Å². The first-order valence-corrected chi connectivity index (χ1v) is 5.95. The molecule has 0 N–H and O–H groups in total. The molecule has 17 heavy (non-hydrogen) atoms. The number of ether oxygens (including phenoxy) is 1. The van der Waals surface area contributed by atoms with E-state index in [1.807, 2.05) is 50.2 Å². The monoisotopic (exact) mass is 228 g/mol. The molecule has 0 aromatic heterocycles. The van der Waals surface area contributed by atoms with Crippen LogP contribution in [-0.4, -0.2) is 12.4 Å². The summed E-state index contributed by atoms with van der Waals surface area (Å²) in [6.07, 6.45) is 0.526. The van der Waals surface area contributed by atoms with Gasteiger partial charge in [0.2, 0.25) is 0 Å². The number of carbonyl (C=O) groups is 1. The first-order chi connectivity index (χ1) is 8.27. The molecule has 0 aliphatic rings. The molecule has 0 spiro atoms. The van der Waals surface area contributed by atoms with Crippen molar-refractivity contribution in [2.75, 3.05) is 6.61 Å². The lowest BCUT2D eigenvalue weighted by Gasteiger charge is -2.10. The third-order valence-electron chi connectivity index (χ3n) is 2.81. The molecule has 0 radical (unpaired) electrons. The number of fused-ring (bicyclic) bond motifs is 1. The number of hydrogen-bond acceptors (Lipinski definition) is 2. The molecule has 0 fully saturated rings. The fraction of sp³-hybridized carbons (Fsp3) is 0.267. The van der Waals surface area contributed by atoms with Gasteiger partial charge >= 0.3 is 0 Å². The van der Waals surface area contributed by atoms with E-state index in [9.17, 15) is 4.79 Å². The van der Waals surface area contributed by atoms with Gasteiger partial charge in [0.05, 0.1) is 6.61 Å². The molecule has 0 aliphatic carbocycles. The Bertz CT molecular complexity index is 544. The molecule has 0 amide bonds. The van der Waals surface area contributed by atoms with Crippen molar-refractivity contribution in [2.45, 2.75) is 20.3 Å². The predicted molar refractivity (Wildman–Crippen MR) is 69.7 cm³/mol. The molecule has 0 aliphatic heterocycles. The summed E-state index contributed by atoms with van der Waals surface area (Å²) < 4.78 is 5.58. The molecule has 0 saturated heterocycles. The minimum atomic E-state index is 0.171. The smallest absolute Gasteiger partial charge is 0.163 e. The summed E-state index contributed by atoms with van der Waals surface area (Å²) in [6, 6.07) is 11.6. The molecule has 0 saturated carbocycles. The third-order valence-corrected chi connectivity index (χ3v) is 2.81. The van der Waals surface area contributed by atoms with Crippen LogP contribution in [0, 0.1) is 0 Å². The summed E-state index contributed by atoms with van der Waals surface area (Å²) in [6.45, 7) is 4.47. The van der Waals surface area contributed by atoms with Crippen LogP contribution >= 0.6 is 0 Å². The third kappa shape index (κ3) is 2.16. The Morgan fingerprint density at radius 2 is 1.76 bits per heavy atom. The maximum Gasteiger partial charge on any atom is 0.163 e. The zero-order valence-electron chi connectivity index (χ0n) is 10.2. The molecule has 0 heterocycles. The van der Waals surface area contributed by atoms with E-state index < -0.39 is 0 Å². The van der Waals surface area contributed by atoms with Gasteiger partial charge in [-0.1, -0.05) is 31.2 Å². The Morgan fingerprint density at radius 3 is 2.41 bits per heavy atom. The summed E-state index contributed by atoms with van der Waals surface area (Å²) in [4.78, 5) is 11.9. The number of hydrogen-bond donors (Lipinski definition) is 0. The minimum absolute atomic E-state index is 0.171. The van der Waals surface area contributed by atoms with Crippen LogP contribution in [0.1, 0.15) is 30.6 Å². The second kappa shape index (κ2) is 5.00. The van der Waals surface area contributed by atoms with Crippen molar-refractivity contribution in [3.05, 3.63) is 42.0 Å². The van der Waals surface area contributed by atoms with E-state index in [0.717, 1.165) is 22.1 Å². The highest BCUT2D eigenvalue weighted by atomic mass is 16.5. The van der Waals surface area contributed by atoms with E-state index in [4.69, 9.17) is 4.74 Å². The van der Waals surface area contributed by atoms with Crippen LogP contribution in [0.5, 0.6) is 5.75 Å². The molecule has 2 aromatic rings. The van der Waals surface area contributed by atoms with Gasteiger partial charge < -0.3 is 4.74 Å². The zero-order valence-corrected chi connectivity index (χ0v) is 10.2. The van der Waals surface area contributed by atoms with Gasteiger partial charge in [-0.05, 0) is 24.4 Å². The number of carbonyl (C=O) groups excluding carboxylic acids is 1. The highest BCUT2D eigenvalue weighted by molar-refractivity contribution is 6.09. The van der Waals surface area contributed by atoms with E-state index in [-0.39, 0.29) is 5.78 Å². The van der Waals surface area contributed by atoms with Crippen LogP contribution in [-0.2, 0) is 0 Å². The van der Waals surface area contributed by atoms with Gasteiger partial charge in [-0.25, -0.2) is 0 Å². The second-order valence-electron chi connectivity index (χ2n) is 3.87. The Morgan fingerprint density at radius 1 is 1.06 bits per heavy atom. The van der Waals surface area contributed by atoms with Crippen LogP contribution in [0.3, 0.4) is 0 Å². The first kappa shape index (κ1) is 11.6. The van der Waals surface area contributed by atoms with Crippen molar-refractivity contribution in [1.82, 2.24) is 0 Å². The second-order valence-corrected chi connectivity index (χ2v) is 3.87. The molecule has 2 nitrogen and oxygen atoms in total. The lowest BCUT2D eigenvalue weighted by molar-refractivity contribution is 0.0990. The summed E-state index contributed by atoms with van der Waals surface area (Å²) in [5, 5.41) is 1.99. The molecule has 2 heteroatoms. The van der Waals surface area contributed by atoms with Gasteiger partial charge in [-0.2, -0.15) is 0 Å². The van der Waals surface area contributed by atoms with E-state index in [2.05, 4.69) is 0 Å². The lowest BCUT2D eigenvalue weighted by Crippen LogP contribution is -1.99. The molecular weight excluding hydrogens is 212 g/mol. The lowest BCUT2D eigenvalue weighted by atomic mass is 9.99. The average molecular weight is 228 g/mol. The van der Waals surface area contributed by atoms with E-state index in [1.165, 1.54) is 0 Å². The van der Waals surface area contributed by atoms with Gasteiger partial charge in [-0.15, -0.1) is 0 Å². The standard InChI is InChI=1S/C15H16O2/c1-3-14(16)12-9-10-15(17-4-2)13-8-6-5-7-11(12)13/h5-10H,3-4H2,1-2H3. The van der Waals surface area contributed by atoms with Crippen molar-refractivity contribution in [3.63, 3.8) is 0 Å². The van der Waals surface area contributed by atoms with Crippen LogP contribution in [0.25, 0.3) is 10.8 Å². The first-order valence-electron chi connectivity index (χ1n) is 5.95. The minimum Gasteiger partial charge on any atom is -0.493 e. The predicted octanol–water partition coefficient (Wildman–Crippen LogP) is 3.83. The summed E-state index contributed by atoms with van der Waals surface area (Å²) in [7, 11) is 0. The molecule has 0 unspecified atom stereocenters. The number of rotatable bonds is 4. The maximum atomic E-state index is 11.9. The molecule has 2 aromatic carbocycles. The summed E-state index contributed by atoms with van der Waals surface area (Å²) in [5.41, 5.74) is 0.784.